The van der Waals surface area contributed by atoms with Crippen LogP contribution >= 0.6 is 0 Å². The molecule has 5 nitrogen and oxygen atoms in total. The predicted octanol–water partition coefficient (Wildman–Crippen LogP) is 2.43. The molecule has 0 radical (unpaired) electrons. The Balaban J connectivity index is 3.12. The first-order valence-corrected chi connectivity index (χ1v) is 9.20. The van der Waals surface area contributed by atoms with Crippen LogP contribution in [0.1, 0.15) is 46.2 Å². The lowest BCUT2D eigenvalue weighted by Crippen LogP contribution is -2.34. The second-order valence-electron chi connectivity index (χ2n) is 5.42. The minimum absolute atomic E-state index is 0.00161. The number of hydrogen-bond acceptors (Lipinski definition) is 3. The summed E-state index contributed by atoms with van der Waals surface area (Å²) in [7, 11) is -1.75. The Bertz CT molecular complexity index is 537. The number of sulfonamides is 1. The molecular weight excluding hydrogens is 286 g/mol. The van der Waals surface area contributed by atoms with Crippen LogP contribution in [0.2, 0.25) is 0 Å². The summed E-state index contributed by atoms with van der Waals surface area (Å²) in [5.41, 5.74) is 1.02. The summed E-state index contributed by atoms with van der Waals surface area (Å²) in [6.07, 6.45) is 3.55. The van der Waals surface area contributed by atoms with Crippen molar-refractivity contribution in [3.05, 3.63) is 18.0 Å². The van der Waals surface area contributed by atoms with E-state index in [1.54, 1.807) is 19.3 Å². The summed E-state index contributed by atoms with van der Waals surface area (Å²) in [5.74, 6) is 0. The van der Waals surface area contributed by atoms with Gasteiger partial charge in [-0.3, -0.25) is 0 Å². The van der Waals surface area contributed by atoms with Crippen molar-refractivity contribution in [2.75, 3.05) is 13.6 Å². The van der Waals surface area contributed by atoms with Crippen LogP contribution in [0.4, 0.5) is 0 Å². The fraction of sp³-hybridized carbons (Fsp3) is 0.733. The van der Waals surface area contributed by atoms with Crippen LogP contribution in [0.5, 0.6) is 0 Å². The molecule has 0 aliphatic rings. The van der Waals surface area contributed by atoms with Gasteiger partial charge in [-0.1, -0.05) is 20.8 Å². The zero-order valence-electron chi connectivity index (χ0n) is 13.9. The van der Waals surface area contributed by atoms with Crippen molar-refractivity contribution in [1.82, 2.24) is 14.2 Å². The molecule has 122 valence electrons. The topological polar surface area (TPSA) is 54.3 Å². The Morgan fingerprint density at radius 2 is 2.00 bits per heavy atom. The highest BCUT2D eigenvalue weighted by molar-refractivity contribution is 7.89. The van der Waals surface area contributed by atoms with Crippen molar-refractivity contribution in [3.8, 4) is 0 Å². The molecule has 0 saturated carbocycles. The lowest BCUT2D eigenvalue weighted by molar-refractivity contribution is 0.380. The van der Waals surface area contributed by atoms with Gasteiger partial charge in [0.05, 0.1) is 0 Å². The summed E-state index contributed by atoms with van der Waals surface area (Å²) in [4.78, 5) is 0.395. The standard InChI is InChI=1S/C15H29N3O2S/c1-6-9-18-12-15(10-14(18)11-16-8-3)21(19,20)17(5)13(4)7-2/h10,12-13,16H,6-9,11H2,1-5H3. The monoisotopic (exact) mass is 315 g/mol. The van der Waals surface area contributed by atoms with Gasteiger partial charge < -0.3 is 9.88 Å². The summed E-state index contributed by atoms with van der Waals surface area (Å²) in [5, 5.41) is 3.26. The van der Waals surface area contributed by atoms with E-state index in [1.807, 2.05) is 25.3 Å². The first-order valence-electron chi connectivity index (χ1n) is 7.76. The van der Waals surface area contributed by atoms with Crippen LogP contribution in [0.3, 0.4) is 0 Å². The number of aromatic nitrogens is 1. The van der Waals surface area contributed by atoms with Crippen molar-refractivity contribution in [1.29, 1.82) is 0 Å². The van der Waals surface area contributed by atoms with Crippen molar-refractivity contribution in [2.24, 2.45) is 0 Å². The average molecular weight is 315 g/mol. The number of aryl methyl sites for hydroxylation is 1. The van der Waals surface area contributed by atoms with Crippen LogP contribution in [-0.4, -0.2) is 36.9 Å². The van der Waals surface area contributed by atoms with Crippen LogP contribution < -0.4 is 5.32 Å². The fourth-order valence-corrected chi connectivity index (χ4v) is 3.68. The smallest absolute Gasteiger partial charge is 0.244 e. The molecule has 6 heteroatoms. The molecule has 1 N–H and O–H groups in total. The molecule has 0 aromatic carbocycles. The van der Waals surface area contributed by atoms with Crippen LogP contribution in [0.25, 0.3) is 0 Å². The van der Waals surface area contributed by atoms with Crippen LogP contribution in [-0.2, 0) is 23.1 Å². The zero-order valence-corrected chi connectivity index (χ0v) is 14.7. The molecule has 0 spiro atoms. The van der Waals surface area contributed by atoms with Crippen molar-refractivity contribution < 1.29 is 8.42 Å². The molecule has 1 atom stereocenters. The second kappa shape index (κ2) is 7.96. The average Bonchev–Trinajstić information content (AvgIpc) is 2.87. The van der Waals surface area contributed by atoms with E-state index in [9.17, 15) is 8.42 Å². The Morgan fingerprint density at radius 1 is 1.33 bits per heavy atom. The Labute approximate surface area is 129 Å². The largest absolute Gasteiger partial charge is 0.349 e. The Morgan fingerprint density at radius 3 is 2.52 bits per heavy atom. The van der Waals surface area contributed by atoms with Crippen molar-refractivity contribution in [2.45, 2.75) is 64.6 Å². The maximum Gasteiger partial charge on any atom is 0.244 e. The molecule has 0 fully saturated rings. The third kappa shape index (κ3) is 4.31. The fourth-order valence-electron chi connectivity index (χ4n) is 2.18. The summed E-state index contributed by atoms with van der Waals surface area (Å²) in [6, 6.07) is 1.80. The minimum Gasteiger partial charge on any atom is -0.349 e. The van der Waals surface area contributed by atoms with Crippen LogP contribution in [0, 0.1) is 0 Å². The van der Waals surface area contributed by atoms with Crippen molar-refractivity contribution in [3.63, 3.8) is 0 Å². The number of nitrogens with zero attached hydrogens (tertiary/aromatic N) is 2. The number of nitrogens with one attached hydrogen (secondary N) is 1. The van der Waals surface area contributed by atoms with Gasteiger partial charge in [0.15, 0.2) is 0 Å². The highest BCUT2D eigenvalue weighted by atomic mass is 32.2. The second-order valence-corrected chi connectivity index (χ2v) is 7.42. The van der Waals surface area contributed by atoms with Gasteiger partial charge in [-0.05, 0) is 32.4 Å². The Hall–Kier alpha value is -0.850. The molecule has 1 unspecified atom stereocenters. The molecule has 1 rings (SSSR count). The van der Waals surface area contributed by atoms with Crippen LogP contribution in [0.15, 0.2) is 17.2 Å². The molecule has 0 bridgehead atoms. The lowest BCUT2D eigenvalue weighted by Gasteiger charge is -2.22. The van der Waals surface area contributed by atoms with Gasteiger partial charge in [-0.25, -0.2) is 8.42 Å². The molecule has 0 amide bonds. The quantitative estimate of drug-likeness (QED) is 0.761. The van der Waals surface area contributed by atoms with Gasteiger partial charge >= 0.3 is 0 Å². The Kier molecular flexibility index (Phi) is 6.90. The number of rotatable bonds is 9. The molecule has 0 aliphatic carbocycles. The van der Waals surface area contributed by atoms with E-state index in [4.69, 9.17) is 0 Å². The van der Waals surface area contributed by atoms with E-state index >= 15 is 0 Å². The van der Waals surface area contributed by atoms with Gasteiger partial charge in [-0.2, -0.15) is 4.31 Å². The lowest BCUT2D eigenvalue weighted by atomic mass is 10.3. The normalized spacial score (nSPS) is 13.8. The molecule has 0 aliphatic heterocycles. The van der Waals surface area contributed by atoms with Crippen molar-refractivity contribution >= 4 is 10.0 Å². The van der Waals surface area contributed by atoms with E-state index in [2.05, 4.69) is 12.2 Å². The van der Waals surface area contributed by atoms with E-state index in [-0.39, 0.29) is 6.04 Å². The summed E-state index contributed by atoms with van der Waals surface area (Å²) in [6.45, 7) is 10.5. The molecule has 21 heavy (non-hydrogen) atoms. The molecule has 0 saturated heterocycles. The van der Waals surface area contributed by atoms with Gasteiger partial charge in [0, 0.05) is 38.1 Å². The number of hydrogen-bond donors (Lipinski definition) is 1. The van der Waals surface area contributed by atoms with Gasteiger partial charge in [-0.15, -0.1) is 0 Å². The van der Waals surface area contributed by atoms with Gasteiger partial charge in [0.2, 0.25) is 10.0 Å². The minimum atomic E-state index is -3.41. The first kappa shape index (κ1) is 18.2. The maximum absolute atomic E-state index is 12.7. The summed E-state index contributed by atoms with van der Waals surface area (Å²) >= 11 is 0. The predicted molar refractivity (Wildman–Crippen MR) is 86.8 cm³/mol. The SMILES string of the molecule is CCCn1cc(S(=O)(=O)N(C)C(C)CC)cc1CNCC. The summed E-state index contributed by atoms with van der Waals surface area (Å²) < 4.78 is 28.8. The van der Waals surface area contributed by atoms with E-state index in [0.717, 1.165) is 31.6 Å². The third-order valence-electron chi connectivity index (χ3n) is 3.87. The highest BCUT2D eigenvalue weighted by Gasteiger charge is 2.26. The molecular formula is C15H29N3O2S. The first-order chi connectivity index (χ1) is 9.88. The highest BCUT2D eigenvalue weighted by Crippen LogP contribution is 2.21. The zero-order chi connectivity index (χ0) is 16.0. The maximum atomic E-state index is 12.7. The van der Waals surface area contributed by atoms with E-state index in [0.29, 0.717) is 11.4 Å². The van der Waals surface area contributed by atoms with E-state index in [1.165, 1.54) is 4.31 Å². The molecule has 1 aromatic heterocycles. The third-order valence-corrected chi connectivity index (χ3v) is 5.81. The van der Waals surface area contributed by atoms with E-state index < -0.39 is 10.0 Å². The van der Waals surface area contributed by atoms with Gasteiger partial charge in [0.1, 0.15) is 4.90 Å². The molecule has 1 heterocycles. The van der Waals surface area contributed by atoms with Gasteiger partial charge in [0.25, 0.3) is 0 Å². The molecule has 1 aromatic rings.